The molecular weight excluding hydrogens is 432 g/mol. The Bertz CT molecular complexity index is 2360. The van der Waals surface area contributed by atoms with E-state index in [-0.39, 0.29) is 0 Å². The minimum Gasteiger partial charge on any atom is -0.0616 e. The molecule has 0 amide bonds. The van der Waals surface area contributed by atoms with E-state index < -0.39 is 0 Å². The van der Waals surface area contributed by atoms with E-state index >= 15 is 0 Å². The van der Waals surface area contributed by atoms with Crippen molar-refractivity contribution in [2.75, 3.05) is 0 Å². The highest BCUT2D eigenvalue weighted by Gasteiger charge is 2.20. The lowest BCUT2D eigenvalue weighted by atomic mass is 9.92. The molecule has 0 aliphatic carbocycles. The summed E-state index contributed by atoms with van der Waals surface area (Å²) in [6, 6.07) is 36.5. The highest BCUT2D eigenvalue weighted by molar-refractivity contribution is 6.38. The van der Waals surface area contributed by atoms with Crippen LogP contribution in [0.1, 0.15) is 11.1 Å². The van der Waals surface area contributed by atoms with Crippen LogP contribution in [0.5, 0.6) is 0 Å². The molecule has 0 radical (unpaired) electrons. The molecule has 0 fully saturated rings. The summed E-state index contributed by atoms with van der Waals surface area (Å²) >= 11 is 0. The molecule has 9 rings (SSSR count). The predicted octanol–water partition coefficient (Wildman–Crippen LogP) is 10.4. The molecule has 9 aromatic carbocycles. The third kappa shape index (κ3) is 2.05. The first kappa shape index (κ1) is 18.9. The van der Waals surface area contributed by atoms with Crippen molar-refractivity contribution in [2.24, 2.45) is 0 Å². The Labute approximate surface area is 208 Å². The fraction of sp³-hybridized carbons (Fsp3) is 0.0556. The zero-order valence-corrected chi connectivity index (χ0v) is 20.2. The molecule has 36 heavy (non-hydrogen) atoms. The number of hydrogen-bond acceptors (Lipinski definition) is 0. The van der Waals surface area contributed by atoms with Crippen molar-refractivity contribution in [3.63, 3.8) is 0 Å². The van der Waals surface area contributed by atoms with E-state index in [0.29, 0.717) is 0 Å². The van der Waals surface area contributed by atoms with Gasteiger partial charge in [-0.3, -0.25) is 0 Å². The number of aryl methyl sites for hydroxylation is 2. The summed E-state index contributed by atoms with van der Waals surface area (Å²) in [7, 11) is 0. The number of fused-ring (bicyclic) bond motifs is 9. The van der Waals surface area contributed by atoms with Gasteiger partial charge in [-0.25, -0.2) is 0 Å². The molecule has 0 aliphatic heterocycles. The lowest BCUT2D eigenvalue weighted by Crippen LogP contribution is -1.86. The Hall–Kier alpha value is -4.42. The van der Waals surface area contributed by atoms with Crippen molar-refractivity contribution < 1.29 is 0 Å². The predicted molar refractivity (Wildman–Crippen MR) is 158 cm³/mol. The van der Waals surface area contributed by atoms with Gasteiger partial charge in [0, 0.05) is 0 Å². The van der Waals surface area contributed by atoms with Gasteiger partial charge in [0.2, 0.25) is 0 Å². The van der Waals surface area contributed by atoms with E-state index in [4.69, 9.17) is 0 Å². The van der Waals surface area contributed by atoms with Crippen LogP contribution in [0.2, 0.25) is 0 Å². The summed E-state index contributed by atoms with van der Waals surface area (Å²) in [5, 5.41) is 22.0. The minimum atomic E-state index is 1.31. The first-order chi connectivity index (χ1) is 17.7. The quantitative estimate of drug-likeness (QED) is 0.200. The summed E-state index contributed by atoms with van der Waals surface area (Å²) in [4.78, 5) is 0. The van der Waals surface area contributed by atoms with Gasteiger partial charge in [0.15, 0.2) is 0 Å². The summed E-state index contributed by atoms with van der Waals surface area (Å²) in [5.74, 6) is 0. The molecule has 0 atom stereocenters. The normalized spacial score (nSPS) is 12.7. The maximum absolute atomic E-state index is 2.49. The van der Waals surface area contributed by atoms with Crippen LogP contribution in [0.3, 0.4) is 0 Å². The molecule has 9 aromatic rings. The Kier molecular flexibility index (Phi) is 3.26. The van der Waals surface area contributed by atoms with Crippen molar-refractivity contribution in [1.29, 1.82) is 0 Å². The van der Waals surface area contributed by atoms with Crippen molar-refractivity contribution in [2.45, 2.75) is 13.8 Å². The molecule has 0 heterocycles. The number of hydrogen-bond donors (Lipinski definition) is 0. The highest BCUT2D eigenvalue weighted by Crippen LogP contribution is 2.48. The van der Waals surface area contributed by atoms with Crippen LogP contribution in [0, 0.1) is 13.8 Å². The molecule has 0 saturated heterocycles. The Morgan fingerprint density at radius 2 is 0.806 bits per heavy atom. The standard InChI is InChI=1S/C36H22/c1-19-28-17-30-25-13-7-12-24-23-11-4-3-8-22(23)16-32(36(24)25)31(30)18-29(28)20(2)34-27-15-6-10-21-9-5-14-26(33(19)34)35(21)27/h3-18H,1-2H3. The van der Waals surface area contributed by atoms with Gasteiger partial charge >= 0.3 is 0 Å². The van der Waals surface area contributed by atoms with Crippen LogP contribution in [-0.2, 0) is 0 Å². The van der Waals surface area contributed by atoms with Crippen LogP contribution in [0.15, 0.2) is 97.1 Å². The molecule has 166 valence electrons. The molecule has 0 heteroatoms. The Balaban J connectivity index is 1.57. The summed E-state index contributed by atoms with van der Waals surface area (Å²) in [6.07, 6.45) is 0. The molecule has 0 aliphatic rings. The fourth-order valence-corrected chi connectivity index (χ4v) is 7.34. The molecule has 0 spiro atoms. The van der Waals surface area contributed by atoms with Crippen LogP contribution in [0.25, 0.3) is 86.2 Å². The van der Waals surface area contributed by atoms with E-state index in [1.54, 1.807) is 0 Å². The van der Waals surface area contributed by atoms with E-state index in [1.165, 1.54) is 97.3 Å². The number of rotatable bonds is 0. The van der Waals surface area contributed by atoms with Crippen molar-refractivity contribution in [3.05, 3.63) is 108 Å². The first-order valence-electron chi connectivity index (χ1n) is 12.8. The van der Waals surface area contributed by atoms with Crippen LogP contribution >= 0.6 is 0 Å². The minimum absolute atomic E-state index is 1.31. The van der Waals surface area contributed by atoms with Gasteiger partial charge in [-0.05, 0) is 129 Å². The van der Waals surface area contributed by atoms with Gasteiger partial charge < -0.3 is 0 Å². The smallest absolute Gasteiger partial charge is 0.00199 e. The second-order valence-electron chi connectivity index (χ2n) is 10.5. The van der Waals surface area contributed by atoms with Gasteiger partial charge in [0.05, 0.1) is 0 Å². The third-order valence-electron chi connectivity index (χ3n) is 8.87. The zero-order valence-electron chi connectivity index (χ0n) is 20.2. The monoisotopic (exact) mass is 454 g/mol. The van der Waals surface area contributed by atoms with Gasteiger partial charge in [-0.1, -0.05) is 78.9 Å². The fourth-order valence-electron chi connectivity index (χ4n) is 7.34. The lowest BCUT2D eigenvalue weighted by molar-refractivity contribution is 1.56. The molecule has 0 N–H and O–H groups in total. The van der Waals surface area contributed by atoms with Gasteiger partial charge in [0.25, 0.3) is 0 Å². The van der Waals surface area contributed by atoms with E-state index in [9.17, 15) is 0 Å². The van der Waals surface area contributed by atoms with Crippen LogP contribution in [-0.4, -0.2) is 0 Å². The maximum Gasteiger partial charge on any atom is -0.00199 e. The lowest BCUT2D eigenvalue weighted by Gasteiger charge is -2.11. The molecule has 0 saturated carbocycles. The van der Waals surface area contributed by atoms with Gasteiger partial charge in [-0.15, -0.1) is 0 Å². The van der Waals surface area contributed by atoms with Crippen LogP contribution < -0.4 is 0 Å². The van der Waals surface area contributed by atoms with Crippen molar-refractivity contribution >= 4 is 86.2 Å². The highest BCUT2D eigenvalue weighted by atomic mass is 14.2. The third-order valence-corrected chi connectivity index (χ3v) is 8.87. The van der Waals surface area contributed by atoms with Crippen molar-refractivity contribution in [3.8, 4) is 0 Å². The molecule has 0 aromatic heterocycles. The van der Waals surface area contributed by atoms with E-state index in [0.717, 1.165) is 0 Å². The Morgan fingerprint density at radius 3 is 1.50 bits per heavy atom. The second kappa shape index (κ2) is 6.22. The Morgan fingerprint density at radius 1 is 0.306 bits per heavy atom. The molecule has 0 nitrogen and oxygen atoms in total. The summed E-state index contributed by atoms with van der Waals surface area (Å²) in [6.45, 7) is 4.66. The molecular formula is C36H22. The topological polar surface area (TPSA) is 0 Å². The maximum atomic E-state index is 2.49. The second-order valence-corrected chi connectivity index (χ2v) is 10.5. The average Bonchev–Trinajstić information content (AvgIpc) is 3.42. The summed E-state index contributed by atoms with van der Waals surface area (Å²) in [5.41, 5.74) is 2.79. The van der Waals surface area contributed by atoms with Crippen molar-refractivity contribution in [1.82, 2.24) is 0 Å². The van der Waals surface area contributed by atoms with Gasteiger partial charge in [0.1, 0.15) is 0 Å². The number of benzene rings is 7. The average molecular weight is 455 g/mol. The molecule has 0 bridgehead atoms. The molecule has 0 unspecified atom stereocenters. The van der Waals surface area contributed by atoms with E-state index in [1.807, 2.05) is 0 Å². The first-order valence-corrected chi connectivity index (χ1v) is 12.8. The zero-order chi connectivity index (χ0) is 23.7. The summed E-state index contributed by atoms with van der Waals surface area (Å²) < 4.78 is 0. The van der Waals surface area contributed by atoms with Crippen LogP contribution in [0.4, 0.5) is 0 Å². The van der Waals surface area contributed by atoms with E-state index in [2.05, 4.69) is 111 Å². The SMILES string of the molecule is Cc1c2cc3c(cc2c(C)c2c4cccc5cccc(c12)c54)c1cc2ccccc2c2cccc3c21. The van der Waals surface area contributed by atoms with Gasteiger partial charge in [-0.2, -0.15) is 0 Å². The largest absolute Gasteiger partial charge is 0.0616 e.